The van der Waals surface area contributed by atoms with Crippen LogP contribution in [-0.4, -0.2) is 29.3 Å². The Morgan fingerprint density at radius 2 is 1.62 bits per heavy atom. The Bertz CT molecular complexity index is 1650. The van der Waals surface area contributed by atoms with Gasteiger partial charge in [-0.2, -0.15) is 0 Å². The summed E-state index contributed by atoms with van der Waals surface area (Å²) in [6, 6.07) is 15.9. The molecule has 0 spiro atoms. The van der Waals surface area contributed by atoms with Crippen LogP contribution in [0.25, 0.3) is 32.8 Å². The third-order valence-electron chi connectivity index (χ3n) is 6.00. The van der Waals surface area contributed by atoms with E-state index in [4.69, 9.17) is 0 Å². The number of sulfone groups is 1. The molecular formula is C29H29IrN2O4S-. The molecule has 0 aliphatic carbocycles. The zero-order valence-corrected chi connectivity index (χ0v) is 24.8. The van der Waals surface area contributed by atoms with Gasteiger partial charge in [-0.3, -0.25) is 4.79 Å². The molecule has 4 aromatic rings. The van der Waals surface area contributed by atoms with E-state index in [1.807, 2.05) is 71.9 Å². The van der Waals surface area contributed by atoms with Crippen molar-refractivity contribution in [3.8, 4) is 11.3 Å². The van der Waals surface area contributed by atoms with Crippen LogP contribution in [0.1, 0.15) is 41.5 Å². The molecule has 2 aromatic carbocycles. The van der Waals surface area contributed by atoms with Crippen molar-refractivity contribution in [3.63, 3.8) is 0 Å². The number of rotatable bonds is 1. The van der Waals surface area contributed by atoms with E-state index in [9.17, 15) is 18.3 Å². The Labute approximate surface area is 231 Å². The molecular weight excluding hydrogens is 665 g/mol. The van der Waals surface area contributed by atoms with Gasteiger partial charge in [0.1, 0.15) is 5.76 Å². The third-order valence-corrected chi connectivity index (χ3v) is 7.72. The van der Waals surface area contributed by atoms with Gasteiger partial charge in [0.15, 0.2) is 15.6 Å². The number of aromatic nitrogens is 2. The molecule has 6 nitrogen and oxygen atoms in total. The molecule has 1 aliphatic heterocycles. The predicted octanol–water partition coefficient (Wildman–Crippen LogP) is 6.48. The van der Waals surface area contributed by atoms with Crippen molar-refractivity contribution in [1.29, 1.82) is 0 Å². The van der Waals surface area contributed by atoms with E-state index < -0.39 is 15.3 Å². The quantitative estimate of drug-likeness (QED) is 0.0935. The molecule has 195 valence electrons. The van der Waals surface area contributed by atoms with Crippen LogP contribution >= 0.6 is 0 Å². The molecule has 0 amide bonds. The van der Waals surface area contributed by atoms with E-state index >= 15 is 0 Å². The van der Waals surface area contributed by atoms with Crippen molar-refractivity contribution in [3.05, 3.63) is 72.8 Å². The van der Waals surface area contributed by atoms with Gasteiger partial charge in [-0.1, -0.05) is 77.6 Å². The molecule has 0 bridgehead atoms. The number of aliphatic hydroxyl groups is 1. The number of aliphatic hydroxyl groups excluding tert-OH is 1. The Kier molecular flexibility index (Phi) is 7.81. The number of ketones is 1. The van der Waals surface area contributed by atoms with E-state index in [0.29, 0.717) is 16.6 Å². The standard InChI is InChI=1S/C18H9N2O2S.C11H20O2.Ir/c21-23(22)15-10-11-4-1-2-5-12(11)13-7-9-19-17(16(13)15)14-6-3-8-20-18(14)23;1-10(2,3)8(12)7-9(13)11(4,5)6;/h1-5,7-10H;7,12H,1-6H3;/q-1;;/b;8-7-;. The van der Waals surface area contributed by atoms with E-state index in [-0.39, 0.29) is 47.0 Å². The van der Waals surface area contributed by atoms with Crippen molar-refractivity contribution in [2.24, 2.45) is 10.8 Å². The average Bonchev–Trinajstić information content (AvgIpc) is 2.81. The summed E-state index contributed by atoms with van der Waals surface area (Å²) in [4.78, 5) is 20.3. The van der Waals surface area contributed by atoms with Crippen molar-refractivity contribution in [2.45, 2.75) is 51.5 Å². The summed E-state index contributed by atoms with van der Waals surface area (Å²) in [6.45, 7) is 11.1. The minimum Gasteiger partial charge on any atom is -0.512 e. The first kappa shape index (κ1) is 28.6. The summed E-state index contributed by atoms with van der Waals surface area (Å²) in [5.74, 6) is 0.104. The maximum Gasteiger partial charge on any atom is 0.188 e. The fraction of sp³-hybridized carbons (Fsp3) is 0.276. The Hall–Kier alpha value is -2.93. The second kappa shape index (κ2) is 10.1. The zero-order chi connectivity index (χ0) is 26.5. The molecule has 0 saturated carbocycles. The second-order valence-corrected chi connectivity index (χ2v) is 12.7. The van der Waals surface area contributed by atoms with Crippen LogP contribution in [0.15, 0.2) is 76.6 Å². The normalized spacial score (nSPS) is 14.3. The number of carbonyl (C=O) groups is 1. The minimum absolute atomic E-state index is 0. The molecule has 0 atom stereocenters. The first-order valence-corrected chi connectivity index (χ1v) is 13.1. The van der Waals surface area contributed by atoms with E-state index in [2.05, 4.69) is 16.0 Å². The molecule has 0 unspecified atom stereocenters. The topological polar surface area (TPSA) is 97.2 Å². The van der Waals surface area contributed by atoms with Crippen molar-refractivity contribution < 1.29 is 38.4 Å². The van der Waals surface area contributed by atoms with Crippen molar-refractivity contribution >= 4 is 37.2 Å². The second-order valence-electron chi connectivity index (χ2n) is 10.8. The molecule has 0 fully saturated rings. The van der Waals surface area contributed by atoms with Gasteiger partial charge in [-0.25, -0.2) is 8.42 Å². The van der Waals surface area contributed by atoms with Crippen LogP contribution in [0.5, 0.6) is 0 Å². The number of nitrogens with zero attached hydrogens (tertiary/aromatic N) is 2. The fourth-order valence-corrected chi connectivity index (χ4v) is 5.40. The third kappa shape index (κ3) is 5.37. The molecule has 37 heavy (non-hydrogen) atoms. The fourth-order valence-electron chi connectivity index (χ4n) is 3.81. The van der Waals surface area contributed by atoms with Gasteiger partial charge < -0.3 is 15.1 Å². The summed E-state index contributed by atoms with van der Waals surface area (Å²) in [5.41, 5.74) is 0.308. The minimum atomic E-state index is -3.68. The number of fused-ring (bicyclic) bond motifs is 4. The van der Waals surface area contributed by atoms with Gasteiger partial charge in [0.05, 0.1) is 9.92 Å². The molecule has 2 aromatic heterocycles. The van der Waals surface area contributed by atoms with Gasteiger partial charge >= 0.3 is 0 Å². The monoisotopic (exact) mass is 694 g/mol. The van der Waals surface area contributed by atoms with Crippen LogP contribution in [0, 0.1) is 16.9 Å². The van der Waals surface area contributed by atoms with E-state index in [0.717, 1.165) is 16.2 Å². The van der Waals surface area contributed by atoms with Crippen LogP contribution in [0.4, 0.5) is 0 Å². The van der Waals surface area contributed by atoms with Gasteiger partial charge in [-0.05, 0) is 39.4 Å². The molecule has 1 aliphatic rings. The summed E-state index contributed by atoms with van der Waals surface area (Å²) >= 11 is 0. The van der Waals surface area contributed by atoms with Crippen molar-refractivity contribution in [1.82, 2.24) is 9.97 Å². The molecule has 0 saturated heterocycles. The number of benzene rings is 2. The summed E-state index contributed by atoms with van der Waals surface area (Å²) in [5, 5.41) is 13.0. The number of carbonyl (C=O) groups excluding carboxylic acids is 1. The van der Waals surface area contributed by atoms with Crippen molar-refractivity contribution in [2.75, 3.05) is 0 Å². The van der Waals surface area contributed by atoms with Crippen LogP contribution < -0.4 is 0 Å². The molecule has 1 radical (unpaired) electrons. The van der Waals surface area contributed by atoms with Crippen LogP contribution in [0.3, 0.4) is 0 Å². The molecule has 1 N–H and O–H groups in total. The first-order valence-electron chi connectivity index (χ1n) is 11.6. The number of pyridine rings is 2. The maximum absolute atomic E-state index is 13.0. The van der Waals surface area contributed by atoms with Crippen LogP contribution in [-0.2, 0) is 34.7 Å². The van der Waals surface area contributed by atoms with Gasteiger partial charge in [0, 0.05) is 43.2 Å². The smallest absolute Gasteiger partial charge is 0.188 e. The predicted molar refractivity (Wildman–Crippen MR) is 141 cm³/mol. The average molecular weight is 694 g/mol. The largest absolute Gasteiger partial charge is 0.512 e. The number of allylic oxidation sites excluding steroid dienone is 2. The van der Waals surface area contributed by atoms with Gasteiger partial charge in [0.2, 0.25) is 0 Å². The number of hydrogen-bond acceptors (Lipinski definition) is 6. The van der Waals surface area contributed by atoms with E-state index in [1.165, 1.54) is 12.3 Å². The Morgan fingerprint density at radius 1 is 0.946 bits per heavy atom. The van der Waals surface area contributed by atoms with Gasteiger partial charge in [0.25, 0.3) is 0 Å². The summed E-state index contributed by atoms with van der Waals surface area (Å²) in [6.07, 6.45) is 4.49. The Morgan fingerprint density at radius 3 is 2.27 bits per heavy atom. The number of hydrogen-bond donors (Lipinski definition) is 1. The first-order chi connectivity index (χ1) is 16.7. The molecule has 5 rings (SSSR count). The zero-order valence-electron chi connectivity index (χ0n) is 21.6. The van der Waals surface area contributed by atoms with Gasteiger partial charge in [-0.15, -0.1) is 12.1 Å². The summed E-state index contributed by atoms with van der Waals surface area (Å²) in [7, 11) is -3.68. The van der Waals surface area contributed by atoms with Crippen LogP contribution in [0.2, 0.25) is 0 Å². The Balaban J connectivity index is 0.000000237. The maximum atomic E-state index is 13.0. The molecule has 3 heterocycles. The van der Waals surface area contributed by atoms with E-state index in [1.54, 1.807) is 18.3 Å². The SMILES string of the molecule is CC(C)(C)C(=O)/C=C(\O)C(C)(C)C.O=S1(=O)c2ncc[c-]c2-c2nccc3c2c1cc1ccccc13.[Ir]. The summed E-state index contributed by atoms with van der Waals surface area (Å²) < 4.78 is 26.0. The molecule has 8 heteroatoms.